The van der Waals surface area contributed by atoms with Gasteiger partial charge in [-0.2, -0.15) is 0 Å². The number of aliphatic hydroxyl groups is 1. The third kappa shape index (κ3) is 5.46. The molecular formula is C22H21Cl2NO2. The van der Waals surface area contributed by atoms with Gasteiger partial charge in [-0.25, -0.2) is 0 Å². The first kappa shape index (κ1) is 19.7. The molecule has 0 saturated carbocycles. The monoisotopic (exact) mass is 401 g/mol. The zero-order chi connectivity index (χ0) is 19.2. The highest BCUT2D eigenvalue weighted by Gasteiger charge is 2.16. The molecule has 3 nitrogen and oxygen atoms in total. The molecule has 27 heavy (non-hydrogen) atoms. The number of hydrogen-bond acceptors (Lipinski definition) is 3. The number of benzene rings is 2. The Balaban J connectivity index is 1.58. The summed E-state index contributed by atoms with van der Waals surface area (Å²) in [5.41, 5.74) is 3.00. The van der Waals surface area contributed by atoms with Crippen molar-refractivity contribution in [1.82, 2.24) is 4.98 Å². The molecule has 0 aliphatic heterocycles. The second-order valence-electron chi connectivity index (χ2n) is 6.44. The highest BCUT2D eigenvalue weighted by molar-refractivity contribution is 6.36. The lowest BCUT2D eigenvalue weighted by atomic mass is 10.0. The van der Waals surface area contributed by atoms with E-state index in [4.69, 9.17) is 27.9 Å². The third-order valence-electron chi connectivity index (χ3n) is 4.41. The Morgan fingerprint density at radius 2 is 1.85 bits per heavy atom. The number of hydrogen-bond donors (Lipinski definition) is 1. The van der Waals surface area contributed by atoms with E-state index < -0.39 is 6.10 Å². The van der Waals surface area contributed by atoms with Gasteiger partial charge in [0, 0.05) is 28.0 Å². The van der Waals surface area contributed by atoms with Crippen molar-refractivity contribution in [1.29, 1.82) is 0 Å². The van der Waals surface area contributed by atoms with Gasteiger partial charge in [-0.15, -0.1) is 0 Å². The van der Waals surface area contributed by atoms with E-state index in [0.717, 1.165) is 23.1 Å². The van der Waals surface area contributed by atoms with Gasteiger partial charge in [0.1, 0.15) is 11.9 Å². The molecule has 0 radical (unpaired) electrons. The first-order valence-corrected chi connectivity index (χ1v) is 9.57. The van der Waals surface area contributed by atoms with Gasteiger partial charge < -0.3 is 9.84 Å². The molecule has 1 N–H and O–H groups in total. The summed E-state index contributed by atoms with van der Waals surface area (Å²) in [6.45, 7) is 1.87. The molecule has 0 amide bonds. The summed E-state index contributed by atoms with van der Waals surface area (Å²) in [7, 11) is 0. The first-order chi connectivity index (χ1) is 13.0. The number of aryl methyl sites for hydroxylation is 1. The molecular weight excluding hydrogens is 381 g/mol. The summed E-state index contributed by atoms with van der Waals surface area (Å²) in [6.07, 6.45) is 4.07. The number of ether oxygens (including phenoxy) is 1. The van der Waals surface area contributed by atoms with E-state index in [-0.39, 0.29) is 6.10 Å². The maximum Gasteiger partial charge on any atom is 0.122 e. The Morgan fingerprint density at radius 1 is 1.07 bits per heavy atom. The van der Waals surface area contributed by atoms with Crippen LogP contribution >= 0.6 is 23.2 Å². The summed E-state index contributed by atoms with van der Waals surface area (Å²) in [6, 6.07) is 17.0. The Labute approximate surface area is 169 Å². The van der Waals surface area contributed by atoms with E-state index in [9.17, 15) is 5.11 Å². The van der Waals surface area contributed by atoms with Crippen molar-refractivity contribution in [3.05, 3.63) is 82.6 Å². The molecule has 2 atom stereocenters. The normalized spacial score (nSPS) is 13.2. The van der Waals surface area contributed by atoms with E-state index in [1.165, 1.54) is 0 Å². The Kier molecular flexibility index (Phi) is 6.73. The lowest BCUT2D eigenvalue weighted by molar-refractivity contribution is 0.0420. The van der Waals surface area contributed by atoms with Crippen LogP contribution in [-0.2, 0) is 6.42 Å². The van der Waals surface area contributed by atoms with Crippen LogP contribution in [0.3, 0.4) is 0 Å². The number of halogens is 2. The first-order valence-electron chi connectivity index (χ1n) is 8.82. The van der Waals surface area contributed by atoms with Gasteiger partial charge in [0.2, 0.25) is 0 Å². The van der Waals surface area contributed by atoms with Crippen LogP contribution in [0.1, 0.15) is 18.9 Å². The predicted molar refractivity (Wildman–Crippen MR) is 111 cm³/mol. The lowest BCUT2D eigenvalue weighted by Crippen LogP contribution is -2.29. The number of rotatable bonds is 7. The van der Waals surface area contributed by atoms with Crippen LogP contribution in [0.2, 0.25) is 10.0 Å². The topological polar surface area (TPSA) is 42.4 Å². The number of pyridine rings is 1. The largest absolute Gasteiger partial charge is 0.488 e. The Bertz CT molecular complexity index is 869. The van der Waals surface area contributed by atoms with Gasteiger partial charge in [-0.1, -0.05) is 47.5 Å². The molecule has 3 rings (SSSR count). The fourth-order valence-corrected chi connectivity index (χ4v) is 3.34. The molecule has 0 spiro atoms. The van der Waals surface area contributed by atoms with Crippen molar-refractivity contribution in [3.63, 3.8) is 0 Å². The fraction of sp³-hybridized carbons (Fsp3) is 0.227. The fourth-order valence-electron chi connectivity index (χ4n) is 2.83. The number of aliphatic hydroxyl groups excluding tert-OH is 1. The second-order valence-corrected chi connectivity index (χ2v) is 7.28. The van der Waals surface area contributed by atoms with Crippen LogP contribution in [0.15, 0.2) is 67.0 Å². The summed E-state index contributed by atoms with van der Waals surface area (Å²) in [5.74, 6) is 0.705. The molecule has 2 aromatic carbocycles. The van der Waals surface area contributed by atoms with Crippen LogP contribution in [0.25, 0.3) is 11.1 Å². The minimum absolute atomic E-state index is 0.313. The molecule has 0 saturated heterocycles. The molecule has 3 aromatic rings. The SMILES string of the molecule is C[C@H](Oc1ccc(-c2ccc(Cl)cc2Cl)cc1)[C@H](O)CCc1cccnc1. The van der Waals surface area contributed by atoms with Gasteiger partial charge >= 0.3 is 0 Å². The Hall–Kier alpha value is -2.07. The van der Waals surface area contributed by atoms with E-state index in [0.29, 0.717) is 22.2 Å². The van der Waals surface area contributed by atoms with Crippen molar-refractivity contribution < 1.29 is 9.84 Å². The molecule has 0 bridgehead atoms. The number of nitrogens with zero attached hydrogens (tertiary/aromatic N) is 1. The van der Waals surface area contributed by atoms with Crippen molar-refractivity contribution in [2.24, 2.45) is 0 Å². The van der Waals surface area contributed by atoms with Crippen molar-refractivity contribution in [2.45, 2.75) is 32.0 Å². The zero-order valence-corrected chi connectivity index (χ0v) is 16.5. The standard InChI is InChI=1S/C22H21Cl2NO2/c1-15(22(26)11-4-16-3-2-12-25-14-16)27-19-8-5-17(6-9-19)20-10-7-18(23)13-21(20)24/h2-3,5-10,12-15,22,26H,4,11H2,1H3/t15-,22+/m0/s1. The van der Waals surface area contributed by atoms with E-state index in [2.05, 4.69) is 4.98 Å². The van der Waals surface area contributed by atoms with Gasteiger partial charge in [-0.3, -0.25) is 4.98 Å². The minimum Gasteiger partial charge on any atom is -0.488 e. The predicted octanol–water partition coefficient (Wildman–Crippen LogP) is 5.82. The summed E-state index contributed by atoms with van der Waals surface area (Å²) >= 11 is 12.2. The van der Waals surface area contributed by atoms with E-state index >= 15 is 0 Å². The van der Waals surface area contributed by atoms with Crippen molar-refractivity contribution >= 4 is 23.2 Å². The van der Waals surface area contributed by atoms with Crippen molar-refractivity contribution in [3.8, 4) is 16.9 Å². The zero-order valence-electron chi connectivity index (χ0n) is 15.0. The Morgan fingerprint density at radius 3 is 2.52 bits per heavy atom. The lowest BCUT2D eigenvalue weighted by Gasteiger charge is -2.20. The molecule has 0 fully saturated rings. The van der Waals surface area contributed by atoms with Gasteiger partial charge in [-0.05, 0) is 61.2 Å². The maximum atomic E-state index is 10.4. The van der Waals surface area contributed by atoms with Crippen LogP contribution in [0.5, 0.6) is 5.75 Å². The molecule has 0 aliphatic carbocycles. The summed E-state index contributed by atoms with van der Waals surface area (Å²) in [4.78, 5) is 4.09. The van der Waals surface area contributed by atoms with Crippen LogP contribution in [0, 0.1) is 0 Å². The maximum absolute atomic E-state index is 10.4. The van der Waals surface area contributed by atoms with E-state index in [1.54, 1.807) is 12.3 Å². The van der Waals surface area contributed by atoms with Gasteiger partial charge in [0.25, 0.3) is 0 Å². The molecule has 5 heteroatoms. The molecule has 0 aliphatic rings. The quantitative estimate of drug-likeness (QED) is 0.542. The minimum atomic E-state index is -0.560. The van der Waals surface area contributed by atoms with Crippen LogP contribution in [-0.4, -0.2) is 22.3 Å². The molecule has 1 heterocycles. The molecule has 0 unspecified atom stereocenters. The highest BCUT2D eigenvalue weighted by Crippen LogP contribution is 2.31. The number of aromatic nitrogens is 1. The van der Waals surface area contributed by atoms with Gasteiger partial charge in [0.05, 0.1) is 6.10 Å². The smallest absolute Gasteiger partial charge is 0.122 e. The highest BCUT2D eigenvalue weighted by atomic mass is 35.5. The van der Waals surface area contributed by atoms with Crippen LogP contribution in [0.4, 0.5) is 0 Å². The summed E-state index contributed by atoms with van der Waals surface area (Å²) < 4.78 is 5.89. The average Bonchev–Trinajstić information content (AvgIpc) is 2.68. The molecule has 140 valence electrons. The second kappa shape index (κ2) is 9.23. The molecule has 1 aromatic heterocycles. The van der Waals surface area contributed by atoms with E-state index in [1.807, 2.05) is 61.7 Å². The van der Waals surface area contributed by atoms with Gasteiger partial charge in [0.15, 0.2) is 0 Å². The van der Waals surface area contributed by atoms with Crippen molar-refractivity contribution in [2.75, 3.05) is 0 Å². The summed E-state index contributed by atoms with van der Waals surface area (Å²) in [5, 5.41) is 11.6. The third-order valence-corrected chi connectivity index (χ3v) is 4.96. The van der Waals surface area contributed by atoms with Crippen LogP contribution < -0.4 is 4.74 Å². The average molecular weight is 402 g/mol.